The maximum absolute atomic E-state index is 6.30. The van der Waals surface area contributed by atoms with Gasteiger partial charge in [-0.15, -0.1) is 0 Å². The van der Waals surface area contributed by atoms with Gasteiger partial charge in [-0.1, -0.05) is 28.9 Å². The number of aryl methyl sites for hydroxylation is 1. The lowest BCUT2D eigenvalue weighted by Gasteiger charge is -2.14. The van der Waals surface area contributed by atoms with Crippen LogP contribution < -0.4 is 10.5 Å². The van der Waals surface area contributed by atoms with Crippen LogP contribution in [0.15, 0.2) is 39.4 Å². The fourth-order valence-electron chi connectivity index (χ4n) is 1.97. The van der Waals surface area contributed by atoms with Gasteiger partial charge in [0.1, 0.15) is 11.5 Å². The van der Waals surface area contributed by atoms with E-state index in [2.05, 4.69) is 22.9 Å². The molecular formula is C14H16BrNO2. The van der Waals surface area contributed by atoms with Gasteiger partial charge >= 0.3 is 0 Å². The third-order valence-electron chi connectivity index (χ3n) is 2.98. The first kappa shape index (κ1) is 13.2. The van der Waals surface area contributed by atoms with Crippen molar-refractivity contribution >= 4 is 15.9 Å². The zero-order valence-corrected chi connectivity index (χ0v) is 12.0. The summed E-state index contributed by atoms with van der Waals surface area (Å²) in [5.41, 5.74) is 8.35. The Morgan fingerprint density at radius 2 is 2.11 bits per heavy atom. The lowest BCUT2D eigenvalue weighted by molar-refractivity contribution is 0.414. The molecular weight excluding hydrogens is 294 g/mol. The average molecular weight is 310 g/mol. The first-order chi connectivity index (χ1) is 8.67. The molecule has 0 radical (unpaired) electrons. The molecule has 0 amide bonds. The number of benzene rings is 1. The number of nitrogens with two attached hydrogens (primary N) is 1. The molecule has 2 aromatic rings. The van der Waals surface area contributed by atoms with Crippen LogP contribution in [-0.2, 0) is 6.42 Å². The molecule has 1 aromatic carbocycles. The normalized spacial score (nSPS) is 12.4. The Hall–Kier alpha value is -1.26. The van der Waals surface area contributed by atoms with E-state index in [1.54, 1.807) is 13.4 Å². The molecule has 0 saturated carbocycles. The zero-order valence-electron chi connectivity index (χ0n) is 10.4. The van der Waals surface area contributed by atoms with E-state index in [0.29, 0.717) is 0 Å². The fraction of sp³-hybridized carbons (Fsp3) is 0.286. The molecule has 0 saturated heterocycles. The van der Waals surface area contributed by atoms with Crippen LogP contribution in [0.1, 0.15) is 29.9 Å². The van der Waals surface area contributed by atoms with E-state index in [0.717, 1.165) is 33.5 Å². The van der Waals surface area contributed by atoms with Crippen molar-refractivity contribution < 1.29 is 9.15 Å². The summed E-state index contributed by atoms with van der Waals surface area (Å²) >= 11 is 3.53. The second kappa shape index (κ2) is 5.59. The molecule has 0 fully saturated rings. The number of methoxy groups -OCH3 is 1. The largest absolute Gasteiger partial charge is 0.497 e. The Kier molecular flexibility index (Phi) is 4.09. The van der Waals surface area contributed by atoms with E-state index in [1.165, 1.54) is 0 Å². The van der Waals surface area contributed by atoms with E-state index >= 15 is 0 Å². The minimum atomic E-state index is -0.195. The summed E-state index contributed by atoms with van der Waals surface area (Å²) in [5.74, 6) is 1.74. The maximum atomic E-state index is 6.30. The molecule has 1 heterocycles. The molecule has 1 aromatic heterocycles. The number of hydrogen-bond donors (Lipinski definition) is 1. The van der Waals surface area contributed by atoms with Gasteiger partial charge in [-0.25, -0.2) is 0 Å². The first-order valence-electron chi connectivity index (χ1n) is 5.82. The SMILES string of the molecule is CCc1occc1C(N)c1ccc(OC)cc1Br. The Labute approximate surface area is 115 Å². The minimum Gasteiger partial charge on any atom is -0.497 e. The highest BCUT2D eigenvalue weighted by Gasteiger charge is 2.17. The Morgan fingerprint density at radius 3 is 2.72 bits per heavy atom. The van der Waals surface area contributed by atoms with Crippen LogP contribution in [0.4, 0.5) is 0 Å². The van der Waals surface area contributed by atoms with Gasteiger partial charge in [0.2, 0.25) is 0 Å². The van der Waals surface area contributed by atoms with Crippen molar-refractivity contribution in [1.29, 1.82) is 0 Å². The molecule has 2 N–H and O–H groups in total. The van der Waals surface area contributed by atoms with Gasteiger partial charge in [-0.3, -0.25) is 0 Å². The summed E-state index contributed by atoms with van der Waals surface area (Å²) in [4.78, 5) is 0. The third-order valence-corrected chi connectivity index (χ3v) is 3.67. The lowest BCUT2D eigenvalue weighted by atomic mass is 9.99. The van der Waals surface area contributed by atoms with Crippen LogP contribution in [0.5, 0.6) is 5.75 Å². The molecule has 0 bridgehead atoms. The summed E-state index contributed by atoms with van der Waals surface area (Å²) in [6, 6.07) is 7.53. The molecule has 3 nitrogen and oxygen atoms in total. The first-order valence-corrected chi connectivity index (χ1v) is 6.62. The minimum absolute atomic E-state index is 0.195. The van der Waals surface area contributed by atoms with Crippen molar-refractivity contribution in [3.63, 3.8) is 0 Å². The van der Waals surface area contributed by atoms with Crippen molar-refractivity contribution in [1.82, 2.24) is 0 Å². The number of ether oxygens (including phenoxy) is 1. The van der Waals surface area contributed by atoms with Gasteiger partial charge in [-0.05, 0) is 23.8 Å². The number of furan rings is 1. The maximum Gasteiger partial charge on any atom is 0.120 e. The average Bonchev–Trinajstić information content (AvgIpc) is 2.86. The van der Waals surface area contributed by atoms with Crippen LogP contribution in [0, 0.1) is 0 Å². The van der Waals surface area contributed by atoms with Crippen molar-refractivity contribution in [2.75, 3.05) is 7.11 Å². The lowest BCUT2D eigenvalue weighted by Crippen LogP contribution is -2.13. The second-order valence-electron chi connectivity index (χ2n) is 4.02. The molecule has 2 rings (SSSR count). The van der Waals surface area contributed by atoms with Gasteiger partial charge in [0.15, 0.2) is 0 Å². The van der Waals surface area contributed by atoms with Gasteiger partial charge in [0.05, 0.1) is 19.4 Å². The Bertz CT molecular complexity index is 536. The molecule has 96 valence electrons. The topological polar surface area (TPSA) is 48.4 Å². The van der Waals surface area contributed by atoms with E-state index in [-0.39, 0.29) is 6.04 Å². The molecule has 0 aliphatic carbocycles. The predicted octanol–water partition coefficient (Wildman–Crippen LogP) is 3.66. The third kappa shape index (κ3) is 2.44. The fourth-order valence-corrected chi connectivity index (χ4v) is 2.57. The molecule has 0 spiro atoms. The highest BCUT2D eigenvalue weighted by molar-refractivity contribution is 9.10. The van der Waals surface area contributed by atoms with Crippen molar-refractivity contribution in [2.45, 2.75) is 19.4 Å². The highest BCUT2D eigenvalue weighted by Crippen LogP contribution is 2.31. The highest BCUT2D eigenvalue weighted by atomic mass is 79.9. The molecule has 18 heavy (non-hydrogen) atoms. The molecule has 4 heteroatoms. The smallest absolute Gasteiger partial charge is 0.120 e. The number of rotatable bonds is 4. The summed E-state index contributed by atoms with van der Waals surface area (Å²) in [7, 11) is 1.65. The summed E-state index contributed by atoms with van der Waals surface area (Å²) in [6.07, 6.45) is 2.52. The quantitative estimate of drug-likeness (QED) is 0.937. The van der Waals surface area contributed by atoms with E-state index in [9.17, 15) is 0 Å². The van der Waals surface area contributed by atoms with Crippen molar-refractivity contribution in [2.24, 2.45) is 5.73 Å². The Balaban J connectivity index is 2.37. The summed E-state index contributed by atoms with van der Waals surface area (Å²) in [5, 5.41) is 0. The molecule has 0 aliphatic rings. The van der Waals surface area contributed by atoms with Crippen LogP contribution in [0.2, 0.25) is 0 Å². The standard InChI is InChI=1S/C14H16BrNO2/c1-3-13-11(6-7-18-13)14(16)10-5-4-9(17-2)8-12(10)15/h4-8,14H,3,16H2,1-2H3. The monoisotopic (exact) mass is 309 g/mol. The van der Waals surface area contributed by atoms with Gasteiger partial charge in [-0.2, -0.15) is 0 Å². The molecule has 0 aliphatic heterocycles. The van der Waals surface area contributed by atoms with Crippen LogP contribution >= 0.6 is 15.9 Å². The summed E-state index contributed by atoms with van der Waals surface area (Å²) < 4.78 is 11.5. The van der Waals surface area contributed by atoms with Gasteiger partial charge < -0.3 is 14.9 Å². The number of halogens is 1. The number of hydrogen-bond acceptors (Lipinski definition) is 3. The van der Waals surface area contributed by atoms with Crippen LogP contribution in [0.3, 0.4) is 0 Å². The van der Waals surface area contributed by atoms with Crippen LogP contribution in [0.25, 0.3) is 0 Å². The van der Waals surface area contributed by atoms with Gasteiger partial charge in [0.25, 0.3) is 0 Å². The summed E-state index contributed by atoms with van der Waals surface area (Å²) in [6.45, 7) is 2.05. The van der Waals surface area contributed by atoms with Crippen molar-refractivity contribution in [3.8, 4) is 5.75 Å². The predicted molar refractivity (Wildman–Crippen MR) is 74.8 cm³/mol. The second-order valence-corrected chi connectivity index (χ2v) is 4.87. The van der Waals surface area contributed by atoms with E-state index in [4.69, 9.17) is 14.9 Å². The molecule has 1 atom stereocenters. The van der Waals surface area contributed by atoms with Crippen molar-refractivity contribution in [3.05, 3.63) is 51.9 Å². The van der Waals surface area contributed by atoms with E-state index in [1.807, 2.05) is 24.3 Å². The van der Waals surface area contributed by atoms with Gasteiger partial charge in [0, 0.05) is 16.5 Å². The van der Waals surface area contributed by atoms with Crippen LogP contribution in [-0.4, -0.2) is 7.11 Å². The van der Waals surface area contributed by atoms with E-state index < -0.39 is 0 Å². The Morgan fingerprint density at radius 1 is 1.33 bits per heavy atom. The zero-order chi connectivity index (χ0) is 13.1. The molecule has 1 unspecified atom stereocenters.